The molecule has 1 aliphatic heterocycles. The third kappa shape index (κ3) is 6.25. The lowest BCUT2D eigenvalue weighted by Gasteiger charge is -2.34. The predicted molar refractivity (Wildman–Crippen MR) is 105 cm³/mol. The second-order valence-electron chi connectivity index (χ2n) is 7.13. The highest BCUT2D eigenvalue weighted by atomic mass is 16.5. The van der Waals surface area contributed by atoms with Gasteiger partial charge in [0, 0.05) is 18.7 Å². The fourth-order valence-corrected chi connectivity index (χ4v) is 3.03. The summed E-state index contributed by atoms with van der Waals surface area (Å²) in [4.78, 5) is 38.6. The Labute approximate surface area is 166 Å². The number of unbranched alkanes of at least 4 members (excludes halogenated alkanes) is 2. The fourth-order valence-electron chi connectivity index (χ4n) is 3.03. The van der Waals surface area contributed by atoms with E-state index < -0.39 is 12.0 Å². The number of benzene rings is 1. The zero-order chi connectivity index (χ0) is 20.5. The average Bonchev–Trinajstić information content (AvgIpc) is 2.66. The molecular formula is C21H30N2O5. The largest absolute Gasteiger partial charge is 0.494 e. The molecule has 0 aliphatic carbocycles. The summed E-state index contributed by atoms with van der Waals surface area (Å²) in [6, 6.07) is 6.02. The maximum atomic E-state index is 12.9. The number of esters is 1. The van der Waals surface area contributed by atoms with Gasteiger partial charge < -0.3 is 19.7 Å². The van der Waals surface area contributed by atoms with E-state index in [1.165, 1.54) is 4.90 Å². The van der Waals surface area contributed by atoms with Crippen LogP contribution >= 0.6 is 0 Å². The fraction of sp³-hybridized carbons (Fsp3) is 0.571. The summed E-state index contributed by atoms with van der Waals surface area (Å²) in [5.41, 5.74) is 0.456. The highest BCUT2D eigenvalue weighted by Crippen LogP contribution is 2.18. The van der Waals surface area contributed by atoms with Crippen LogP contribution < -0.4 is 10.1 Å². The molecule has 1 aromatic carbocycles. The first-order valence-electron chi connectivity index (χ1n) is 9.93. The highest BCUT2D eigenvalue weighted by Gasteiger charge is 2.35. The van der Waals surface area contributed by atoms with Crippen molar-refractivity contribution in [3.05, 3.63) is 29.8 Å². The minimum atomic E-state index is -0.863. The molecule has 154 valence electrons. The molecule has 0 radical (unpaired) electrons. The lowest BCUT2D eigenvalue weighted by atomic mass is 10.1. The Hall–Kier alpha value is -2.57. The van der Waals surface area contributed by atoms with Gasteiger partial charge in [-0.1, -0.05) is 19.8 Å². The zero-order valence-electron chi connectivity index (χ0n) is 16.9. The van der Waals surface area contributed by atoms with Gasteiger partial charge in [0.05, 0.1) is 19.1 Å². The van der Waals surface area contributed by atoms with Crippen molar-refractivity contribution in [2.45, 2.75) is 58.6 Å². The van der Waals surface area contributed by atoms with E-state index in [4.69, 9.17) is 9.47 Å². The topological polar surface area (TPSA) is 84.9 Å². The number of carbonyl (C=O) groups is 3. The Morgan fingerprint density at radius 1 is 1.21 bits per heavy atom. The molecule has 1 heterocycles. The van der Waals surface area contributed by atoms with Gasteiger partial charge in [-0.15, -0.1) is 0 Å². The van der Waals surface area contributed by atoms with Crippen molar-refractivity contribution in [3.63, 3.8) is 0 Å². The number of hydrogen-bond acceptors (Lipinski definition) is 5. The summed E-state index contributed by atoms with van der Waals surface area (Å²) >= 11 is 0. The van der Waals surface area contributed by atoms with Crippen LogP contribution in [0.25, 0.3) is 0 Å². The van der Waals surface area contributed by atoms with Gasteiger partial charge >= 0.3 is 5.97 Å². The van der Waals surface area contributed by atoms with E-state index in [0.717, 1.165) is 19.3 Å². The molecule has 1 fully saturated rings. The van der Waals surface area contributed by atoms with Crippen LogP contribution in [0.15, 0.2) is 24.3 Å². The van der Waals surface area contributed by atoms with Crippen molar-refractivity contribution in [1.29, 1.82) is 0 Å². The Kier molecular flexibility index (Phi) is 8.29. The van der Waals surface area contributed by atoms with Crippen molar-refractivity contribution in [2.75, 3.05) is 19.7 Å². The standard InChI is InChI=1S/C21H30N2O5/c1-4-5-6-13-27-17-9-7-16(8-10-17)21(26)23-12-11-22-20(25)18(23)14-19(24)28-15(2)3/h7-10,15,18H,4-6,11-14H2,1-3H3,(H,22,25)/t18-/m1/s1. The number of hydrogen-bond donors (Lipinski definition) is 1. The van der Waals surface area contributed by atoms with Crippen LogP contribution in [0, 0.1) is 0 Å². The number of piperazine rings is 1. The van der Waals surface area contributed by atoms with Crippen LogP contribution in [-0.4, -0.2) is 54.5 Å². The molecule has 0 saturated carbocycles. The van der Waals surface area contributed by atoms with Gasteiger partial charge in [0.15, 0.2) is 0 Å². The average molecular weight is 390 g/mol. The first kappa shape index (κ1) is 21.7. The van der Waals surface area contributed by atoms with Crippen LogP contribution in [0.1, 0.15) is 56.8 Å². The number of nitrogens with zero attached hydrogens (tertiary/aromatic N) is 1. The van der Waals surface area contributed by atoms with Crippen LogP contribution in [0.5, 0.6) is 5.75 Å². The van der Waals surface area contributed by atoms with E-state index in [1.54, 1.807) is 38.1 Å². The summed E-state index contributed by atoms with van der Waals surface area (Å²) in [5.74, 6) is -0.405. The van der Waals surface area contributed by atoms with Crippen molar-refractivity contribution < 1.29 is 23.9 Å². The van der Waals surface area contributed by atoms with Crippen molar-refractivity contribution in [3.8, 4) is 5.75 Å². The zero-order valence-corrected chi connectivity index (χ0v) is 16.9. The highest BCUT2D eigenvalue weighted by molar-refractivity contribution is 5.99. The third-order valence-electron chi connectivity index (χ3n) is 4.44. The van der Waals surface area contributed by atoms with Gasteiger partial charge in [-0.25, -0.2) is 0 Å². The van der Waals surface area contributed by atoms with Crippen molar-refractivity contribution in [2.24, 2.45) is 0 Å². The van der Waals surface area contributed by atoms with Crippen molar-refractivity contribution >= 4 is 17.8 Å². The summed E-state index contributed by atoms with van der Waals surface area (Å²) in [7, 11) is 0. The number of rotatable bonds is 9. The lowest BCUT2D eigenvalue weighted by Crippen LogP contribution is -2.57. The van der Waals surface area contributed by atoms with Gasteiger partial charge in [0.25, 0.3) is 5.91 Å². The number of ether oxygens (including phenoxy) is 2. The Bertz CT molecular complexity index is 672. The number of nitrogens with one attached hydrogen (secondary N) is 1. The minimum absolute atomic E-state index is 0.158. The summed E-state index contributed by atoms with van der Waals surface area (Å²) < 4.78 is 10.8. The smallest absolute Gasteiger partial charge is 0.308 e. The molecule has 0 bridgehead atoms. The summed E-state index contributed by atoms with van der Waals surface area (Å²) in [6.45, 7) is 6.98. The van der Waals surface area contributed by atoms with Crippen LogP contribution in [0.2, 0.25) is 0 Å². The van der Waals surface area contributed by atoms with Crippen molar-refractivity contribution in [1.82, 2.24) is 10.2 Å². The van der Waals surface area contributed by atoms with Crippen LogP contribution in [0.3, 0.4) is 0 Å². The van der Waals surface area contributed by atoms with E-state index in [1.807, 2.05) is 0 Å². The molecular weight excluding hydrogens is 360 g/mol. The lowest BCUT2D eigenvalue weighted by molar-refractivity contribution is -0.151. The molecule has 1 N–H and O–H groups in total. The van der Waals surface area contributed by atoms with Crippen LogP contribution in [-0.2, 0) is 14.3 Å². The van der Waals surface area contributed by atoms with E-state index >= 15 is 0 Å². The predicted octanol–water partition coefficient (Wildman–Crippen LogP) is 2.54. The van der Waals surface area contributed by atoms with Crippen LogP contribution in [0.4, 0.5) is 0 Å². The SMILES string of the molecule is CCCCCOc1ccc(C(=O)N2CCNC(=O)[C@H]2CC(=O)OC(C)C)cc1. The molecule has 1 atom stereocenters. The number of amides is 2. The Morgan fingerprint density at radius 3 is 2.57 bits per heavy atom. The molecule has 28 heavy (non-hydrogen) atoms. The molecule has 7 nitrogen and oxygen atoms in total. The normalized spacial score (nSPS) is 16.6. The van der Waals surface area contributed by atoms with E-state index in [0.29, 0.717) is 31.0 Å². The molecule has 1 aliphatic rings. The molecule has 0 spiro atoms. The monoisotopic (exact) mass is 390 g/mol. The molecule has 0 aromatic heterocycles. The maximum Gasteiger partial charge on any atom is 0.308 e. The first-order valence-corrected chi connectivity index (χ1v) is 9.93. The van der Waals surface area contributed by atoms with Gasteiger partial charge in [-0.05, 0) is 44.5 Å². The molecule has 0 unspecified atom stereocenters. The Morgan fingerprint density at radius 2 is 1.93 bits per heavy atom. The van der Waals surface area contributed by atoms with Gasteiger partial charge in [0.1, 0.15) is 11.8 Å². The molecule has 1 saturated heterocycles. The first-order chi connectivity index (χ1) is 13.4. The number of carbonyl (C=O) groups excluding carboxylic acids is 3. The minimum Gasteiger partial charge on any atom is -0.494 e. The van der Waals surface area contributed by atoms with E-state index in [-0.39, 0.29) is 24.3 Å². The van der Waals surface area contributed by atoms with E-state index in [9.17, 15) is 14.4 Å². The third-order valence-corrected chi connectivity index (χ3v) is 4.44. The summed E-state index contributed by atoms with van der Waals surface area (Å²) in [5, 5.41) is 2.71. The quantitative estimate of drug-likeness (QED) is 0.517. The molecule has 2 rings (SSSR count). The molecule has 2 amide bonds. The van der Waals surface area contributed by atoms with Gasteiger partial charge in [-0.2, -0.15) is 0 Å². The second kappa shape index (κ2) is 10.7. The maximum absolute atomic E-state index is 12.9. The molecule has 1 aromatic rings. The second-order valence-corrected chi connectivity index (χ2v) is 7.13. The molecule has 7 heteroatoms. The summed E-state index contributed by atoms with van der Waals surface area (Å²) in [6.07, 6.45) is 2.82. The van der Waals surface area contributed by atoms with Gasteiger partial charge in [-0.3, -0.25) is 14.4 Å². The van der Waals surface area contributed by atoms with E-state index in [2.05, 4.69) is 12.2 Å². The Balaban J connectivity index is 2.03. The van der Waals surface area contributed by atoms with Gasteiger partial charge in [0.2, 0.25) is 5.91 Å².